The van der Waals surface area contributed by atoms with Crippen LogP contribution in [0.1, 0.15) is 0 Å². The van der Waals surface area contributed by atoms with E-state index >= 15 is 0 Å². The fourth-order valence-electron chi connectivity index (χ4n) is 1.56. The molecule has 108 valence electrons. The normalized spacial score (nSPS) is 13.7. The van der Waals surface area contributed by atoms with E-state index in [2.05, 4.69) is 0 Å². The van der Waals surface area contributed by atoms with Gasteiger partial charge in [-0.3, -0.25) is 0 Å². The van der Waals surface area contributed by atoms with Crippen molar-refractivity contribution in [3.63, 3.8) is 0 Å². The number of methoxy groups -OCH3 is 1. The van der Waals surface area contributed by atoms with Gasteiger partial charge in [0.25, 0.3) is 0 Å². The lowest BCUT2D eigenvalue weighted by Crippen LogP contribution is -2.36. The molecule has 6 nitrogen and oxygen atoms in total. The summed E-state index contributed by atoms with van der Waals surface area (Å²) in [4.78, 5) is -0.194. The number of aliphatic hydroxyl groups excluding tert-OH is 1. The predicted octanol–water partition coefficient (Wildman–Crippen LogP) is 0.0357. The smallest absolute Gasteiger partial charge is 0.244 e. The van der Waals surface area contributed by atoms with E-state index in [9.17, 15) is 17.9 Å². The van der Waals surface area contributed by atoms with Crippen molar-refractivity contribution in [1.82, 2.24) is 4.31 Å². The zero-order chi connectivity index (χ0) is 14.6. The molecule has 0 heterocycles. The largest absolute Gasteiger partial charge is 0.398 e. The minimum atomic E-state index is -3.87. The number of benzene rings is 1. The number of likely N-dealkylation sites (N-methyl/N-ethyl adjacent to an activating group) is 1. The molecule has 1 aromatic rings. The monoisotopic (exact) mass is 292 g/mol. The Kier molecular flexibility index (Phi) is 5.24. The molecule has 0 aliphatic carbocycles. The number of hydrogen-bond donors (Lipinski definition) is 2. The average molecular weight is 292 g/mol. The summed E-state index contributed by atoms with van der Waals surface area (Å²) in [6.07, 6.45) is -0.952. The second-order valence-corrected chi connectivity index (χ2v) is 6.09. The van der Waals surface area contributed by atoms with Crippen LogP contribution in [0.25, 0.3) is 0 Å². The standard InChI is InChI=1S/C11H17FN2O4S/c1-14(6-9(15)7-18-2)19(16,17)11-4-3-8(12)5-10(11)13/h3-5,9,15H,6-7,13H2,1-2H3. The van der Waals surface area contributed by atoms with E-state index in [1.807, 2.05) is 0 Å². The second kappa shape index (κ2) is 6.29. The molecule has 1 aromatic carbocycles. The summed E-state index contributed by atoms with van der Waals surface area (Å²) in [5, 5.41) is 9.52. The van der Waals surface area contributed by atoms with Gasteiger partial charge in [-0.15, -0.1) is 0 Å². The topological polar surface area (TPSA) is 92.9 Å². The Balaban J connectivity index is 2.97. The fourth-order valence-corrected chi connectivity index (χ4v) is 2.86. The number of aliphatic hydroxyl groups is 1. The van der Waals surface area contributed by atoms with Gasteiger partial charge in [0.05, 0.1) is 18.4 Å². The number of hydrogen-bond acceptors (Lipinski definition) is 5. The van der Waals surface area contributed by atoms with E-state index in [0.29, 0.717) is 0 Å². The van der Waals surface area contributed by atoms with Crippen LogP contribution < -0.4 is 5.73 Å². The van der Waals surface area contributed by atoms with Gasteiger partial charge < -0.3 is 15.6 Å². The molecule has 3 N–H and O–H groups in total. The van der Waals surface area contributed by atoms with E-state index in [0.717, 1.165) is 22.5 Å². The molecule has 0 saturated heterocycles. The van der Waals surface area contributed by atoms with Gasteiger partial charge in [0, 0.05) is 20.7 Å². The zero-order valence-electron chi connectivity index (χ0n) is 10.7. The van der Waals surface area contributed by atoms with Crippen LogP contribution in [0.3, 0.4) is 0 Å². The highest BCUT2D eigenvalue weighted by atomic mass is 32.2. The first-order valence-electron chi connectivity index (χ1n) is 5.47. The van der Waals surface area contributed by atoms with Gasteiger partial charge in [0.15, 0.2) is 0 Å². The van der Waals surface area contributed by atoms with Crippen molar-refractivity contribution < 1.29 is 22.7 Å². The van der Waals surface area contributed by atoms with Gasteiger partial charge in [0.2, 0.25) is 10.0 Å². The molecule has 0 aliphatic heterocycles. The Morgan fingerprint density at radius 1 is 1.53 bits per heavy atom. The molecule has 0 aromatic heterocycles. The number of anilines is 1. The minimum Gasteiger partial charge on any atom is -0.398 e. The summed E-state index contributed by atoms with van der Waals surface area (Å²) >= 11 is 0. The van der Waals surface area contributed by atoms with Gasteiger partial charge in [-0.25, -0.2) is 12.8 Å². The van der Waals surface area contributed by atoms with Gasteiger partial charge >= 0.3 is 0 Å². The lowest BCUT2D eigenvalue weighted by molar-refractivity contribution is 0.0554. The van der Waals surface area contributed by atoms with Crippen LogP contribution in [0.5, 0.6) is 0 Å². The molecule has 1 unspecified atom stereocenters. The second-order valence-electron chi connectivity index (χ2n) is 4.08. The number of sulfonamides is 1. The zero-order valence-corrected chi connectivity index (χ0v) is 11.5. The van der Waals surface area contributed by atoms with Gasteiger partial charge in [-0.2, -0.15) is 4.31 Å². The number of nitrogens with two attached hydrogens (primary N) is 1. The molecule has 1 atom stereocenters. The van der Waals surface area contributed by atoms with Crippen LogP contribution in [-0.2, 0) is 14.8 Å². The number of rotatable bonds is 6. The molecular weight excluding hydrogens is 275 g/mol. The fraction of sp³-hybridized carbons (Fsp3) is 0.455. The van der Waals surface area contributed by atoms with Crippen molar-refractivity contribution in [2.45, 2.75) is 11.0 Å². The average Bonchev–Trinajstić information content (AvgIpc) is 2.28. The Bertz CT molecular complexity index is 535. The maximum Gasteiger partial charge on any atom is 0.244 e. The lowest BCUT2D eigenvalue weighted by atomic mass is 10.3. The molecule has 0 bridgehead atoms. The Labute approximate surface area is 111 Å². The molecule has 0 radical (unpaired) electrons. The Morgan fingerprint density at radius 2 is 2.16 bits per heavy atom. The van der Waals surface area contributed by atoms with Crippen LogP contribution >= 0.6 is 0 Å². The summed E-state index contributed by atoms with van der Waals surface area (Å²) in [7, 11) is -1.17. The summed E-state index contributed by atoms with van der Waals surface area (Å²) < 4.78 is 42.9. The summed E-state index contributed by atoms with van der Waals surface area (Å²) in [5.74, 6) is -0.612. The van der Waals surface area contributed by atoms with Crippen molar-refractivity contribution in [1.29, 1.82) is 0 Å². The number of halogens is 1. The molecule has 0 aliphatic rings. The molecular formula is C11H17FN2O4S. The quantitative estimate of drug-likeness (QED) is 0.722. The van der Waals surface area contributed by atoms with Gasteiger partial charge in [-0.05, 0) is 18.2 Å². The number of nitrogens with zero attached hydrogens (tertiary/aromatic N) is 1. The van der Waals surface area contributed by atoms with Crippen LogP contribution in [0, 0.1) is 5.82 Å². The molecule has 8 heteroatoms. The van der Waals surface area contributed by atoms with Gasteiger partial charge in [-0.1, -0.05) is 0 Å². The third kappa shape index (κ3) is 3.87. The molecule has 0 spiro atoms. The van der Waals surface area contributed by atoms with Crippen molar-refractivity contribution in [2.24, 2.45) is 0 Å². The molecule has 0 fully saturated rings. The van der Waals surface area contributed by atoms with E-state index in [1.165, 1.54) is 14.2 Å². The molecule has 19 heavy (non-hydrogen) atoms. The van der Waals surface area contributed by atoms with E-state index in [-0.39, 0.29) is 23.7 Å². The van der Waals surface area contributed by atoms with Crippen molar-refractivity contribution in [3.8, 4) is 0 Å². The van der Waals surface area contributed by atoms with Gasteiger partial charge in [0.1, 0.15) is 10.7 Å². The molecule has 0 amide bonds. The van der Waals surface area contributed by atoms with Crippen LogP contribution in [0.4, 0.5) is 10.1 Å². The summed E-state index contributed by atoms with van der Waals surface area (Å²) in [5.41, 5.74) is 5.33. The minimum absolute atomic E-state index is 0.0127. The van der Waals surface area contributed by atoms with E-state index in [4.69, 9.17) is 10.5 Å². The maximum atomic E-state index is 12.9. The Hall–Kier alpha value is -1.22. The highest BCUT2D eigenvalue weighted by molar-refractivity contribution is 7.89. The molecule has 0 saturated carbocycles. The van der Waals surface area contributed by atoms with Crippen LogP contribution in [0.15, 0.2) is 23.1 Å². The Morgan fingerprint density at radius 3 is 2.68 bits per heavy atom. The first-order valence-corrected chi connectivity index (χ1v) is 6.91. The summed E-state index contributed by atoms with van der Waals surface area (Å²) in [6, 6.07) is 3.05. The summed E-state index contributed by atoms with van der Waals surface area (Å²) in [6.45, 7) is -0.133. The number of nitrogen functional groups attached to an aromatic ring is 1. The third-order valence-corrected chi connectivity index (χ3v) is 4.38. The lowest BCUT2D eigenvalue weighted by Gasteiger charge is -2.21. The first kappa shape index (κ1) is 15.8. The van der Waals surface area contributed by atoms with Crippen LogP contribution in [-0.4, -0.2) is 51.2 Å². The van der Waals surface area contributed by atoms with Crippen LogP contribution in [0.2, 0.25) is 0 Å². The van der Waals surface area contributed by atoms with Crippen molar-refractivity contribution in [2.75, 3.05) is 33.0 Å². The SMILES string of the molecule is COCC(O)CN(C)S(=O)(=O)c1ccc(F)cc1N. The predicted molar refractivity (Wildman–Crippen MR) is 68.5 cm³/mol. The first-order chi connectivity index (χ1) is 8.78. The molecule has 1 rings (SSSR count). The van der Waals surface area contributed by atoms with E-state index < -0.39 is 21.9 Å². The van der Waals surface area contributed by atoms with Crippen molar-refractivity contribution >= 4 is 15.7 Å². The highest BCUT2D eigenvalue weighted by Gasteiger charge is 2.25. The maximum absolute atomic E-state index is 12.9. The highest BCUT2D eigenvalue weighted by Crippen LogP contribution is 2.22. The van der Waals surface area contributed by atoms with Crippen molar-refractivity contribution in [3.05, 3.63) is 24.0 Å². The number of ether oxygens (including phenoxy) is 1. The van der Waals surface area contributed by atoms with E-state index in [1.54, 1.807) is 0 Å². The third-order valence-electron chi connectivity index (χ3n) is 2.49.